The third kappa shape index (κ3) is 4.23. The smallest absolute Gasteiger partial charge is 0.0958 e. The Morgan fingerprint density at radius 3 is 2.47 bits per heavy atom. The molecule has 0 saturated heterocycles. The molecule has 1 aliphatic carbocycles. The second-order valence-corrected chi connectivity index (χ2v) is 10.6. The summed E-state index contributed by atoms with van der Waals surface area (Å²) in [4.78, 5) is 12.6. The van der Waals surface area contributed by atoms with Gasteiger partial charge in [-0.2, -0.15) is 0 Å². The summed E-state index contributed by atoms with van der Waals surface area (Å²) in [6.45, 7) is 15.3. The van der Waals surface area contributed by atoms with E-state index >= 15 is 0 Å². The van der Waals surface area contributed by atoms with Gasteiger partial charge in [0.2, 0.25) is 0 Å². The lowest BCUT2D eigenvalue weighted by molar-refractivity contribution is 0.454. The predicted molar refractivity (Wildman–Crippen MR) is 134 cm³/mol. The van der Waals surface area contributed by atoms with Crippen LogP contribution in [0, 0.1) is 5.92 Å². The van der Waals surface area contributed by atoms with Crippen LogP contribution in [0.3, 0.4) is 0 Å². The van der Waals surface area contributed by atoms with Crippen molar-refractivity contribution in [2.75, 3.05) is 0 Å². The van der Waals surface area contributed by atoms with E-state index in [4.69, 9.17) is 4.98 Å². The van der Waals surface area contributed by atoms with Crippen molar-refractivity contribution in [2.24, 2.45) is 5.92 Å². The number of nitrogens with one attached hydrogen (secondary N) is 1. The molecule has 168 valence electrons. The zero-order valence-corrected chi connectivity index (χ0v) is 20.1. The van der Waals surface area contributed by atoms with E-state index in [2.05, 4.69) is 98.2 Å². The second kappa shape index (κ2) is 8.57. The lowest BCUT2D eigenvalue weighted by atomic mass is 9.80. The van der Waals surface area contributed by atoms with Crippen molar-refractivity contribution in [3.63, 3.8) is 0 Å². The number of benzene rings is 1. The quantitative estimate of drug-likeness (QED) is 0.463. The summed E-state index contributed by atoms with van der Waals surface area (Å²) in [6, 6.07) is 11.2. The van der Waals surface area contributed by atoms with Crippen LogP contribution in [0.5, 0.6) is 0 Å². The Bertz CT molecular complexity index is 1090. The molecule has 0 bridgehead atoms. The number of H-pyrrole nitrogens is 1. The lowest BCUT2D eigenvalue weighted by Crippen LogP contribution is -2.25. The van der Waals surface area contributed by atoms with Gasteiger partial charge in [-0.1, -0.05) is 77.6 Å². The molecule has 1 aromatic carbocycles. The van der Waals surface area contributed by atoms with Crippen LogP contribution in [0.15, 0.2) is 55.6 Å². The Morgan fingerprint density at radius 1 is 1.03 bits per heavy atom. The Morgan fingerprint density at radius 2 is 1.78 bits per heavy atom. The number of hydrogen-bond acceptors (Lipinski definition) is 2. The summed E-state index contributed by atoms with van der Waals surface area (Å²) in [7, 11) is 0. The van der Waals surface area contributed by atoms with Crippen molar-refractivity contribution in [2.45, 2.75) is 70.8 Å². The number of aromatic nitrogens is 4. The average molecular weight is 429 g/mol. The SMILES string of the molecule is C=Cc1ncn(C2CCC(/C=C\c3nc[nH]c3C(C)(C)C)C2)c1C(C)(C)c1ccccc1. The summed E-state index contributed by atoms with van der Waals surface area (Å²) in [5.74, 6) is 0.548. The van der Waals surface area contributed by atoms with Crippen LogP contribution in [0.2, 0.25) is 0 Å². The lowest BCUT2D eigenvalue weighted by Gasteiger charge is -2.30. The van der Waals surface area contributed by atoms with Gasteiger partial charge in [-0.3, -0.25) is 0 Å². The molecule has 0 spiro atoms. The molecule has 4 rings (SSSR count). The molecule has 4 heteroatoms. The molecule has 0 radical (unpaired) electrons. The van der Waals surface area contributed by atoms with Crippen LogP contribution in [0.25, 0.3) is 12.2 Å². The highest BCUT2D eigenvalue weighted by Crippen LogP contribution is 2.41. The van der Waals surface area contributed by atoms with Crippen LogP contribution >= 0.6 is 0 Å². The second-order valence-electron chi connectivity index (χ2n) is 10.6. The van der Waals surface area contributed by atoms with E-state index in [0.29, 0.717) is 12.0 Å². The number of hydrogen-bond donors (Lipinski definition) is 1. The standard InChI is InChI=1S/C28H36N4/c1-7-23-26(28(5,6)21-11-9-8-10-12-21)32(19-31-23)22-15-13-20(17-22)14-16-24-25(27(2,3)4)30-18-29-24/h7-12,14,16,18-20,22H,1,13,15,17H2,2-6H3,(H,29,30)/b16-14-. The largest absolute Gasteiger partial charge is 0.348 e. The maximum absolute atomic E-state index is 4.73. The average Bonchev–Trinajstić information content (AvgIpc) is 3.51. The zero-order valence-electron chi connectivity index (χ0n) is 20.1. The van der Waals surface area contributed by atoms with Gasteiger partial charge in [0, 0.05) is 22.6 Å². The molecule has 1 saturated carbocycles. The summed E-state index contributed by atoms with van der Waals surface area (Å²) < 4.78 is 2.42. The molecule has 2 atom stereocenters. The number of allylic oxidation sites excluding steroid dienone is 1. The summed E-state index contributed by atoms with van der Waals surface area (Å²) >= 11 is 0. The Hall–Kier alpha value is -2.88. The summed E-state index contributed by atoms with van der Waals surface area (Å²) in [5.41, 5.74) is 5.71. The minimum Gasteiger partial charge on any atom is -0.348 e. The van der Waals surface area contributed by atoms with E-state index in [1.165, 1.54) is 23.4 Å². The first-order chi connectivity index (χ1) is 15.2. The molecule has 1 aliphatic rings. The molecule has 32 heavy (non-hydrogen) atoms. The number of rotatable bonds is 6. The third-order valence-electron chi connectivity index (χ3n) is 6.89. The monoisotopic (exact) mass is 428 g/mol. The van der Waals surface area contributed by atoms with Crippen molar-refractivity contribution in [3.8, 4) is 0 Å². The summed E-state index contributed by atoms with van der Waals surface area (Å²) in [6.07, 6.45) is 13.8. The van der Waals surface area contributed by atoms with E-state index in [1.54, 1.807) is 6.33 Å². The molecular formula is C28H36N4. The van der Waals surface area contributed by atoms with E-state index < -0.39 is 0 Å². The molecule has 2 aromatic heterocycles. The highest BCUT2D eigenvalue weighted by Gasteiger charge is 2.34. The summed E-state index contributed by atoms with van der Waals surface area (Å²) in [5, 5.41) is 0. The Labute approximate surface area is 192 Å². The van der Waals surface area contributed by atoms with Crippen LogP contribution in [0.1, 0.15) is 88.3 Å². The van der Waals surface area contributed by atoms with Crippen molar-refractivity contribution >= 4 is 12.2 Å². The maximum Gasteiger partial charge on any atom is 0.0958 e. The maximum atomic E-state index is 4.73. The van der Waals surface area contributed by atoms with Gasteiger partial charge in [0.15, 0.2) is 0 Å². The van der Waals surface area contributed by atoms with E-state index in [9.17, 15) is 0 Å². The van der Waals surface area contributed by atoms with Gasteiger partial charge >= 0.3 is 0 Å². The first-order valence-electron chi connectivity index (χ1n) is 11.7. The molecular weight excluding hydrogens is 392 g/mol. The fourth-order valence-corrected chi connectivity index (χ4v) is 5.11. The van der Waals surface area contributed by atoms with Crippen molar-refractivity contribution < 1.29 is 0 Å². The number of imidazole rings is 2. The molecule has 1 fully saturated rings. The van der Waals surface area contributed by atoms with Gasteiger partial charge < -0.3 is 9.55 Å². The van der Waals surface area contributed by atoms with Gasteiger partial charge in [0.05, 0.1) is 29.7 Å². The van der Waals surface area contributed by atoms with Crippen LogP contribution in [-0.2, 0) is 10.8 Å². The Kier molecular flexibility index (Phi) is 5.98. The minimum absolute atomic E-state index is 0.0597. The van der Waals surface area contributed by atoms with Crippen LogP contribution < -0.4 is 0 Å². The first-order valence-corrected chi connectivity index (χ1v) is 11.7. The van der Waals surface area contributed by atoms with Gasteiger partial charge in [-0.15, -0.1) is 0 Å². The molecule has 3 aromatic rings. The van der Waals surface area contributed by atoms with Crippen LogP contribution in [0.4, 0.5) is 0 Å². The van der Waals surface area contributed by atoms with Crippen molar-refractivity contribution in [1.82, 2.24) is 19.5 Å². The third-order valence-corrected chi connectivity index (χ3v) is 6.89. The molecule has 0 aliphatic heterocycles. The van der Waals surface area contributed by atoms with Gasteiger partial charge in [-0.05, 0) is 42.9 Å². The molecule has 2 heterocycles. The van der Waals surface area contributed by atoms with Gasteiger partial charge in [0.25, 0.3) is 0 Å². The molecule has 2 unspecified atom stereocenters. The first kappa shape index (κ1) is 22.3. The van der Waals surface area contributed by atoms with Gasteiger partial charge in [0.1, 0.15) is 0 Å². The number of aromatic amines is 1. The predicted octanol–water partition coefficient (Wildman–Crippen LogP) is 6.93. The van der Waals surface area contributed by atoms with E-state index in [-0.39, 0.29) is 10.8 Å². The molecule has 0 amide bonds. The normalized spacial score (nSPS) is 19.7. The topological polar surface area (TPSA) is 46.5 Å². The van der Waals surface area contributed by atoms with Crippen LogP contribution in [-0.4, -0.2) is 19.5 Å². The Balaban J connectivity index is 1.57. The number of nitrogens with zero attached hydrogens (tertiary/aromatic N) is 3. The fourth-order valence-electron chi connectivity index (χ4n) is 5.11. The van der Waals surface area contributed by atoms with E-state index in [1.807, 2.05) is 12.4 Å². The highest BCUT2D eigenvalue weighted by molar-refractivity contribution is 5.51. The van der Waals surface area contributed by atoms with Crippen molar-refractivity contribution in [1.29, 1.82) is 0 Å². The molecule has 4 nitrogen and oxygen atoms in total. The molecule has 1 N–H and O–H groups in total. The minimum atomic E-state index is -0.147. The highest BCUT2D eigenvalue weighted by atomic mass is 15.1. The zero-order chi connectivity index (χ0) is 22.9. The van der Waals surface area contributed by atoms with E-state index in [0.717, 1.165) is 24.2 Å². The van der Waals surface area contributed by atoms with Gasteiger partial charge in [-0.25, -0.2) is 9.97 Å². The fraction of sp³-hybridized carbons (Fsp3) is 0.429. The van der Waals surface area contributed by atoms with Crippen molar-refractivity contribution in [3.05, 3.63) is 84.0 Å².